The van der Waals surface area contributed by atoms with Gasteiger partial charge in [-0.3, -0.25) is 0 Å². The minimum Gasteiger partial charge on any atom is -0.389 e. The zero-order chi connectivity index (χ0) is 7.98. The summed E-state index contributed by atoms with van der Waals surface area (Å²) in [6.07, 6.45) is -0.0220. The van der Waals surface area contributed by atoms with Crippen LogP contribution in [0.1, 0.15) is 0 Å². The summed E-state index contributed by atoms with van der Waals surface area (Å²) < 4.78 is 4.77. The van der Waals surface area contributed by atoms with Gasteiger partial charge in [-0.05, 0) is 12.0 Å². The second kappa shape index (κ2) is 5.94. The maximum Gasteiger partial charge on any atom is 0.106 e. The van der Waals surface area contributed by atoms with Crippen molar-refractivity contribution in [2.75, 3.05) is 19.4 Å². The first-order valence-electron chi connectivity index (χ1n) is 2.94. The molecular weight excluding hydrogens is 154 g/mol. The lowest BCUT2D eigenvalue weighted by atomic mass is 10.2. The van der Waals surface area contributed by atoms with Gasteiger partial charge < -0.3 is 20.1 Å². The Hall–Kier alpha value is 0.190. The van der Waals surface area contributed by atoms with Crippen molar-refractivity contribution < 1.29 is 14.4 Å². The number of aliphatic hydroxyl groups excluding tert-OH is 2. The minimum absolute atomic E-state index is 0.0545. The molecule has 0 bridgehead atoms. The topological polar surface area (TPSA) is 75.7 Å². The smallest absolute Gasteiger partial charge is 0.106 e. The molecule has 2 unspecified atom stereocenters. The molecule has 0 aromatic heterocycles. The zero-order valence-electron chi connectivity index (χ0n) is 5.86. The van der Waals surface area contributed by atoms with E-state index >= 15 is 0 Å². The molecule has 4 N–H and O–H groups in total. The first-order chi connectivity index (χ1) is 4.72. The Morgan fingerprint density at radius 2 is 2.10 bits per heavy atom. The van der Waals surface area contributed by atoms with Gasteiger partial charge in [0.1, 0.15) is 6.10 Å². The number of rotatable bonds is 5. The molecule has 5 heteroatoms. The Morgan fingerprint density at radius 3 is 2.50 bits per heavy atom. The molecule has 2 atom stereocenters. The highest BCUT2D eigenvalue weighted by molar-refractivity contribution is 7.93. The molecule has 0 aliphatic heterocycles. The second-order valence-electron chi connectivity index (χ2n) is 1.82. The first-order valence-corrected chi connectivity index (χ1v) is 4.09. The fourth-order valence-corrected chi connectivity index (χ4v) is 0.681. The third-order valence-corrected chi connectivity index (χ3v) is 1.41. The maximum absolute atomic E-state index is 8.98. The number of hydrogen-bond donors (Lipinski definition) is 3. The van der Waals surface area contributed by atoms with Crippen LogP contribution >= 0.6 is 12.0 Å². The summed E-state index contributed by atoms with van der Waals surface area (Å²) in [5.41, 5.74) is 5.07. The second-order valence-corrected chi connectivity index (χ2v) is 2.39. The maximum atomic E-state index is 8.98. The highest BCUT2D eigenvalue weighted by atomic mass is 32.2. The summed E-state index contributed by atoms with van der Waals surface area (Å²) in [6.45, 7) is 0.165. The van der Waals surface area contributed by atoms with Crippen molar-refractivity contribution in [3.05, 3.63) is 0 Å². The average Bonchev–Trinajstić information content (AvgIpc) is 1.98. The Kier molecular flexibility index (Phi) is 6.05. The van der Waals surface area contributed by atoms with Gasteiger partial charge in [0.2, 0.25) is 0 Å². The molecule has 0 spiro atoms. The van der Waals surface area contributed by atoms with E-state index < -0.39 is 12.2 Å². The number of nitrogens with two attached hydrogens (primary N) is 1. The van der Waals surface area contributed by atoms with Crippen LogP contribution in [-0.4, -0.2) is 41.8 Å². The molecular formula is C5H13NO3S. The summed E-state index contributed by atoms with van der Waals surface area (Å²) >= 11 is 1.15. The molecule has 0 aliphatic carbocycles. The van der Waals surface area contributed by atoms with Gasteiger partial charge in [0.05, 0.1) is 12.7 Å². The van der Waals surface area contributed by atoms with Gasteiger partial charge in [0.15, 0.2) is 0 Å². The quantitative estimate of drug-likeness (QED) is 0.456. The normalized spacial score (nSPS) is 16.8. The highest BCUT2D eigenvalue weighted by Crippen LogP contribution is 1.99. The molecule has 0 saturated heterocycles. The first kappa shape index (κ1) is 10.2. The zero-order valence-corrected chi connectivity index (χ0v) is 6.67. The van der Waals surface area contributed by atoms with Gasteiger partial charge in [-0.15, -0.1) is 0 Å². The van der Waals surface area contributed by atoms with Crippen molar-refractivity contribution in [1.82, 2.24) is 0 Å². The Morgan fingerprint density at radius 1 is 1.50 bits per heavy atom. The van der Waals surface area contributed by atoms with E-state index in [0.717, 1.165) is 12.0 Å². The van der Waals surface area contributed by atoms with Crippen molar-refractivity contribution in [1.29, 1.82) is 0 Å². The fourth-order valence-electron chi connectivity index (χ4n) is 0.406. The molecule has 0 aliphatic rings. The lowest BCUT2D eigenvalue weighted by Crippen LogP contribution is -2.35. The minimum atomic E-state index is -0.882. The van der Waals surface area contributed by atoms with Crippen molar-refractivity contribution in [2.45, 2.75) is 12.2 Å². The van der Waals surface area contributed by atoms with E-state index in [9.17, 15) is 0 Å². The van der Waals surface area contributed by atoms with E-state index in [-0.39, 0.29) is 13.2 Å². The van der Waals surface area contributed by atoms with Crippen LogP contribution in [0.2, 0.25) is 0 Å². The van der Waals surface area contributed by atoms with Crippen LogP contribution in [0.4, 0.5) is 0 Å². The van der Waals surface area contributed by atoms with Crippen LogP contribution < -0.4 is 5.73 Å². The van der Waals surface area contributed by atoms with Crippen molar-refractivity contribution in [3.8, 4) is 0 Å². The van der Waals surface area contributed by atoms with Crippen LogP contribution in [0.15, 0.2) is 0 Å². The molecule has 0 heterocycles. The largest absolute Gasteiger partial charge is 0.389 e. The SMILES string of the molecule is CSOCC(O)C(O)CN. The molecule has 0 aromatic rings. The lowest BCUT2D eigenvalue weighted by Gasteiger charge is -2.14. The van der Waals surface area contributed by atoms with E-state index in [1.54, 1.807) is 6.26 Å². The van der Waals surface area contributed by atoms with E-state index in [2.05, 4.69) is 0 Å². The lowest BCUT2D eigenvalue weighted by molar-refractivity contribution is 0.00168. The molecule has 10 heavy (non-hydrogen) atoms. The molecule has 0 amide bonds. The molecule has 0 aromatic carbocycles. The van der Waals surface area contributed by atoms with Crippen molar-refractivity contribution >= 4 is 12.0 Å². The number of aliphatic hydroxyl groups is 2. The predicted molar refractivity (Wildman–Crippen MR) is 40.5 cm³/mol. The van der Waals surface area contributed by atoms with Crippen LogP contribution in [0, 0.1) is 0 Å². The molecule has 0 rings (SSSR count). The summed E-state index contributed by atoms with van der Waals surface area (Å²) in [5.74, 6) is 0. The van der Waals surface area contributed by atoms with E-state index in [0.29, 0.717) is 0 Å². The van der Waals surface area contributed by atoms with Crippen molar-refractivity contribution in [3.63, 3.8) is 0 Å². The van der Waals surface area contributed by atoms with Gasteiger partial charge in [0, 0.05) is 12.8 Å². The van der Waals surface area contributed by atoms with Gasteiger partial charge in [-0.25, -0.2) is 0 Å². The van der Waals surface area contributed by atoms with Gasteiger partial charge in [-0.2, -0.15) is 0 Å². The van der Waals surface area contributed by atoms with Crippen LogP contribution in [-0.2, 0) is 4.18 Å². The van der Waals surface area contributed by atoms with E-state index in [1.165, 1.54) is 0 Å². The Balaban J connectivity index is 3.31. The van der Waals surface area contributed by atoms with Crippen molar-refractivity contribution in [2.24, 2.45) is 5.73 Å². The predicted octanol–water partition coefficient (Wildman–Crippen LogP) is -1.04. The van der Waals surface area contributed by atoms with Gasteiger partial charge >= 0.3 is 0 Å². The average molecular weight is 167 g/mol. The summed E-state index contributed by atoms with van der Waals surface area (Å²) in [7, 11) is 0. The Labute approximate surface area is 64.6 Å². The van der Waals surface area contributed by atoms with Gasteiger partial charge in [-0.1, -0.05) is 0 Å². The number of hydrogen-bond acceptors (Lipinski definition) is 5. The Bertz CT molecular complexity index is 83.3. The molecule has 4 nitrogen and oxygen atoms in total. The molecule has 0 fully saturated rings. The van der Waals surface area contributed by atoms with Crippen LogP contribution in [0.25, 0.3) is 0 Å². The van der Waals surface area contributed by atoms with Gasteiger partial charge in [0.25, 0.3) is 0 Å². The van der Waals surface area contributed by atoms with E-state index in [4.69, 9.17) is 20.1 Å². The fraction of sp³-hybridized carbons (Fsp3) is 1.00. The highest BCUT2D eigenvalue weighted by Gasteiger charge is 2.13. The third kappa shape index (κ3) is 4.08. The summed E-state index contributed by atoms with van der Waals surface area (Å²) in [5, 5.41) is 17.9. The molecule has 0 saturated carbocycles. The monoisotopic (exact) mass is 167 g/mol. The van der Waals surface area contributed by atoms with E-state index in [1.807, 2.05) is 0 Å². The summed E-state index contributed by atoms with van der Waals surface area (Å²) in [4.78, 5) is 0. The standard InChI is InChI=1S/C5H13NO3S/c1-10-9-3-5(8)4(7)2-6/h4-5,7-8H,2-3,6H2,1H3. The van der Waals surface area contributed by atoms with Crippen LogP contribution in [0.5, 0.6) is 0 Å². The third-order valence-electron chi connectivity index (χ3n) is 1.04. The molecule has 62 valence electrons. The van der Waals surface area contributed by atoms with Crippen LogP contribution in [0.3, 0.4) is 0 Å². The summed E-state index contributed by atoms with van der Waals surface area (Å²) in [6, 6.07) is 0. The molecule has 0 radical (unpaired) electrons.